The van der Waals surface area contributed by atoms with Crippen molar-refractivity contribution < 1.29 is 18.7 Å². The molecule has 1 fully saturated rings. The first-order chi connectivity index (χ1) is 13.5. The number of halogens is 1. The predicted octanol–water partition coefficient (Wildman–Crippen LogP) is 3.78. The zero-order valence-electron chi connectivity index (χ0n) is 15.4. The molecule has 28 heavy (non-hydrogen) atoms. The molecule has 0 spiro atoms. The third-order valence-electron chi connectivity index (χ3n) is 4.08. The highest BCUT2D eigenvalue weighted by atomic mass is 32.2. The minimum Gasteiger partial charge on any atom is -0.483 e. The Hall–Kier alpha value is -2.19. The number of rotatable bonds is 7. The molecule has 1 saturated heterocycles. The highest BCUT2D eigenvalue weighted by molar-refractivity contribution is 8.19. The molecule has 2 aromatic carbocycles. The number of hydrogen-bond acceptors (Lipinski definition) is 5. The number of likely N-dealkylation sites (N-methyl/N-ethyl adjacent to an activating group) is 1. The Morgan fingerprint density at radius 1 is 1.14 bits per heavy atom. The van der Waals surface area contributed by atoms with Gasteiger partial charge in [0.1, 0.15) is 11.6 Å². The van der Waals surface area contributed by atoms with Gasteiger partial charge in [-0.1, -0.05) is 18.2 Å². The summed E-state index contributed by atoms with van der Waals surface area (Å²) in [5.41, 5.74) is 1.56. The molecule has 1 N–H and O–H groups in total. The summed E-state index contributed by atoms with van der Waals surface area (Å²) in [4.78, 5) is 25.7. The maximum atomic E-state index is 12.9. The summed E-state index contributed by atoms with van der Waals surface area (Å²) in [6.45, 7) is -0.255. The van der Waals surface area contributed by atoms with Crippen LogP contribution < -0.4 is 10.1 Å². The number of amides is 2. The number of carbonyl (C=O) groups excluding carboxylic acids is 2. The van der Waals surface area contributed by atoms with Crippen LogP contribution in [-0.2, 0) is 9.59 Å². The van der Waals surface area contributed by atoms with Crippen molar-refractivity contribution in [2.45, 2.75) is 4.58 Å². The van der Waals surface area contributed by atoms with Gasteiger partial charge in [-0.05, 0) is 30.3 Å². The predicted molar refractivity (Wildman–Crippen MR) is 112 cm³/mol. The number of anilines is 1. The van der Waals surface area contributed by atoms with E-state index in [-0.39, 0.29) is 30.8 Å². The molecule has 0 aromatic heterocycles. The van der Waals surface area contributed by atoms with Crippen LogP contribution in [0, 0.1) is 5.82 Å². The van der Waals surface area contributed by atoms with Crippen molar-refractivity contribution in [1.29, 1.82) is 0 Å². The lowest BCUT2D eigenvalue weighted by molar-refractivity contribution is -0.135. The lowest BCUT2D eigenvalue weighted by Gasteiger charge is -2.19. The van der Waals surface area contributed by atoms with Gasteiger partial charge < -0.3 is 15.0 Å². The van der Waals surface area contributed by atoms with Crippen LogP contribution >= 0.6 is 23.5 Å². The molecule has 5 nitrogen and oxygen atoms in total. The first-order valence-corrected chi connectivity index (χ1v) is 10.9. The van der Waals surface area contributed by atoms with Gasteiger partial charge in [0.05, 0.1) is 11.1 Å². The standard InChI is InChI=1S/C20H21FN2O3S2/c1-23(12-18(24)22-15-8-6-14(21)7-9-15)19(25)13-26-17-5-3-2-4-16(17)20-27-10-11-28-20/h2-9,20H,10-13H2,1H3,(H,22,24). The molecule has 1 aliphatic rings. The lowest BCUT2D eigenvalue weighted by atomic mass is 10.2. The van der Waals surface area contributed by atoms with Crippen LogP contribution in [0.5, 0.6) is 5.75 Å². The van der Waals surface area contributed by atoms with Crippen molar-refractivity contribution >= 4 is 41.0 Å². The fourth-order valence-corrected chi connectivity index (χ4v) is 5.54. The molecule has 2 aromatic rings. The summed E-state index contributed by atoms with van der Waals surface area (Å²) >= 11 is 3.74. The molecular formula is C20H21FN2O3S2. The summed E-state index contributed by atoms with van der Waals surface area (Å²) in [5.74, 6) is 1.88. The van der Waals surface area contributed by atoms with Gasteiger partial charge >= 0.3 is 0 Å². The van der Waals surface area contributed by atoms with Crippen LogP contribution in [0.2, 0.25) is 0 Å². The molecule has 0 aliphatic carbocycles. The molecule has 0 bridgehead atoms. The Bertz CT molecular complexity index is 826. The lowest BCUT2D eigenvalue weighted by Crippen LogP contribution is -2.37. The normalized spacial score (nSPS) is 13.9. The summed E-state index contributed by atoms with van der Waals surface area (Å²) < 4.78 is 19.0. The average molecular weight is 421 g/mol. The van der Waals surface area contributed by atoms with Crippen molar-refractivity contribution in [2.75, 3.05) is 37.0 Å². The molecule has 8 heteroatoms. The Labute approximate surface area is 172 Å². The third kappa shape index (κ3) is 5.65. The van der Waals surface area contributed by atoms with E-state index >= 15 is 0 Å². The Morgan fingerprint density at radius 2 is 1.82 bits per heavy atom. The zero-order chi connectivity index (χ0) is 19.9. The molecular weight excluding hydrogens is 399 g/mol. The maximum absolute atomic E-state index is 12.9. The number of para-hydroxylation sites is 1. The minimum atomic E-state index is -0.378. The van der Waals surface area contributed by atoms with E-state index in [1.54, 1.807) is 7.05 Å². The maximum Gasteiger partial charge on any atom is 0.260 e. The summed E-state index contributed by atoms with van der Waals surface area (Å²) in [7, 11) is 1.55. The van der Waals surface area contributed by atoms with Crippen LogP contribution in [-0.4, -0.2) is 48.4 Å². The van der Waals surface area contributed by atoms with E-state index in [9.17, 15) is 14.0 Å². The van der Waals surface area contributed by atoms with Gasteiger partial charge in [0.25, 0.3) is 5.91 Å². The van der Waals surface area contributed by atoms with Crippen LogP contribution in [0.25, 0.3) is 0 Å². The van der Waals surface area contributed by atoms with Crippen LogP contribution in [0.1, 0.15) is 10.1 Å². The van der Waals surface area contributed by atoms with Crippen molar-refractivity contribution in [2.24, 2.45) is 0 Å². The van der Waals surface area contributed by atoms with E-state index in [1.807, 2.05) is 47.8 Å². The van der Waals surface area contributed by atoms with E-state index in [4.69, 9.17) is 4.74 Å². The number of thioether (sulfide) groups is 2. The summed E-state index contributed by atoms with van der Waals surface area (Å²) in [5, 5.41) is 2.63. The fourth-order valence-electron chi connectivity index (χ4n) is 2.63. The molecule has 1 aliphatic heterocycles. The Balaban J connectivity index is 1.50. The monoisotopic (exact) mass is 420 g/mol. The van der Waals surface area contributed by atoms with Gasteiger partial charge in [-0.2, -0.15) is 0 Å². The van der Waals surface area contributed by atoms with Gasteiger partial charge in [-0.25, -0.2) is 4.39 Å². The average Bonchev–Trinajstić information content (AvgIpc) is 3.22. The van der Waals surface area contributed by atoms with Crippen molar-refractivity contribution in [3.63, 3.8) is 0 Å². The van der Waals surface area contributed by atoms with Gasteiger partial charge in [-0.15, -0.1) is 23.5 Å². The van der Waals surface area contributed by atoms with Crippen LogP contribution in [0.3, 0.4) is 0 Å². The summed E-state index contributed by atoms with van der Waals surface area (Å²) in [6, 6.07) is 13.2. The topological polar surface area (TPSA) is 58.6 Å². The molecule has 3 rings (SSSR count). The Kier molecular flexibility index (Phi) is 7.22. The van der Waals surface area contributed by atoms with Crippen molar-refractivity contribution in [3.05, 3.63) is 59.9 Å². The van der Waals surface area contributed by atoms with Crippen LogP contribution in [0.15, 0.2) is 48.5 Å². The van der Waals surface area contributed by atoms with Crippen molar-refractivity contribution in [1.82, 2.24) is 4.90 Å². The smallest absolute Gasteiger partial charge is 0.260 e. The van der Waals surface area contributed by atoms with E-state index in [0.717, 1.165) is 17.1 Å². The molecule has 148 valence electrons. The second-order valence-electron chi connectivity index (χ2n) is 6.20. The molecule has 1 heterocycles. The Morgan fingerprint density at radius 3 is 2.54 bits per heavy atom. The van der Waals surface area contributed by atoms with Gasteiger partial charge in [-0.3, -0.25) is 9.59 Å². The SMILES string of the molecule is CN(CC(=O)Nc1ccc(F)cc1)C(=O)COc1ccccc1C1SCCS1. The number of ether oxygens (including phenoxy) is 1. The number of carbonyl (C=O) groups is 2. The molecule has 0 saturated carbocycles. The van der Waals surface area contributed by atoms with Crippen LogP contribution in [0.4, 0.5) is 10.1 Å². The highest BCUT2D eigenvalue weighted by Crippen LogP contribution is 2.48. The quantitative estimate of drug-likeness (QED) is 0.739. The zero-order valence-corrected chi connectivity index (χ0v) is 17.0. The van der Waals surface area contributed by atoms with Gasteiger partial charge in [0.15, 0.2) is 6.61 Å². The second-order valence-corrected chi connectivity index (χ2v) is 8.93. The number of nitrogens with zero attached hydrogens (tertiary/aromatic N) is 1. The number of nitrogens with one attached hydrogen (secondary N) is 1. The van der Waals surface area contributed by atoms with E-state index < -0.39 is 0 Å². The minimum absolute atomic E-state index is 0.116. The highest BCUT2D eigenvalue weighted by Gasteiger charge is 2.22. The molecule has 0 atom stereocenters. The van der Waals surface area contributed by atoms with E-state index in [2.05, 4.69) is 5.32 Å². The fraction of sp³-hybridized carbons (Fsp3) is 0.300. The van der Waals surface area contributed by atoms with E-state index in [1.165, 1.54) is 29.2 Å². The van der Waals surface area contributed by atoms with Gasteiger partial charge in [0.2, 0.25) is 5.91 Å². The molecule has 0 radical (unpaired) electrons. The number of benzene rings is 2. The molecule has 2 amide bonds. The number of hydrogen-bond donors (Lipinski definition) is 1. The third-order valence-corrected chi connectivity index (χ3v) is 7.15. The summed E-state index contributed by atoms with van der Waals surface area (Å²) in [6.07, 6.45) is 0. The second kappa shape index (κ2) is 9.84. The first-order valence-electron chi connectivity index (χ1n) is 8.77. The van der Waals surface area contributed by atoms with Gasteiger partial charge in [0, 0.05) is 29.8 Å². The first kappa shape index (κ1) is 20.5. The largest absolute Gasteiger partial charge is 0.483 e. The van der Waals surface area contributed by atoms with Crippen molar-refractivity contribution in [3.8, 4) is 5.75 Å². The van der Waals surface area contributed by atoms with E-state index in [0.29, 0.717) is 16.0 Å². The molecule has 0 unspecified atom stereocenters.